The Morgan fingerprint density at radius 1 is 1.35 bits per heavy atom. The van der Waals surface area contributed by atoms with Crippen LogP contribution in [-0.4, -0.2) is 74.8 Å². The van der Waals surface area contributed by atoms with Gasteiger partial charge in [-0.15, -0.1) is 0 Å². The lowest BCUT2D eigenvalue weighted by atomic mass is 9.99. The molecule has 188 valence electrons. The molecule has 0 spiro atoms. The van der Waals surface area contributed by atoms with Crippen molar-refractivity contribution < 1.29 is 37.7 Å². The number of aromatic nitrogens is 4. The molecule has 4 heterocycles. The molecular formula is C19H29N6O8P. The van der Waals surface area contributed by atoms with Crippen LogP contribution in [0, 0.1) is 5.92 Å². The van der Waals surface area contributed by atoms with E-state index in [-0.39, 0.29) is 31.1 Å². The monoisotopic (exact) mass is 500 g/mol. The summed E-state index contributed by atoms with van der Waals surface area (Å²) >= 11 is 0. The number of ether oxygens (including phenoxy) is 3. The summed E-state index contributed by atoms with van der Waals surface area (Å²) in [6.45, 7) is 6.82. The van der Waals surface area contributed by atoms with E-state index in [1.807, 2.05) is 0 Å². The smallest absolute Gasteiger partial charge is 0.406 e. The molecule has 4 N–H and O–H groups in total. The zero-order valence-electron chi connectivity index (χ0n) is 19.3. The number of nitrogens with two attached hydrogens (primary N) is 1. The number of esters is 1. The SMILES string of the molecule is CCOc1nc(N)nc2c1ncn2[C@@H]1O[C@@H]2COP(=O)(N[C@H](C)C(=O)OC(C)C)OC[C@H]2[C@H]1O. The van der Waals surface area contributed by atoms with Crippen LogP contribution in [0.25, 0.3) is 11.2 Å². The number of carbonyl (C=O) groups is 1. The van der Waals surface area contributed by atoms with Gasteiger partial charge in [-0.3, -0.25) is 18.4 Å². The summed E-state index contributed by atoms with van der Waals surface area (Å²) in [6, 6.07) is -0.924. The first kappa shape index (κ1) is 24.8. The molecular weight excluding hydrogens is 471 g/mol. The molecule has 0 bridgehead atoms. The predicted octanol–water partition coefficient (Wildman–Crippen LogP) is 0.766. The average molecular weight is 500 g/mol. The van der Waals surface area contributed by atoms with Crippen molar-refractivity contribution in [3.8, 4) is 5.88 Å². The molecule has 15 heteroatoms. The van der Waals surface area contributed by atoms with Crippen LogP contribution in [-0.2, 0) is 27.9 Å². The summed E-state index contributed by atoms with van der Waals surface area (Å²) in [5, 5.41) is 13.6. The quantitative estimate of drug-likeness (QED) is 0.358. The lowest BCUT2D eigenvalue weighted by Gasteiger charge is -2.23. The molecule has 14 nitrogen and oxygen atoms in total. The molecule has 34 heavy (non-hydrogen) atoms. The molecule has 0 aliphatic carbocycles. The average Bonchev–Trinajstić information content (AvgIpc) is 3.26. The molecule has 0 radical (unpaired) electrons. The molecule has 2 aliphatic heterocycles. The molecule has 2 aromatic heterocycles. The van der Waals surface area contributed by atoms with E-state index in [4.69, 9.17) is 29.0 Å². The molecule has 1 unspecified atom stereocenters. The van der Waals surface area contributed by atoms with E-state index in [0.717, 1.165) is 0 Å². The van der Waals surface area contributed by atoms with Crippen LogP contribution in [0.4, 0.5) is 5.95 Å². The molecule has 0 saturated carbocycles. The Kier molecular flexibility index (Phi) is 7.08. The number of hydrogen-bond acceptors (Lipinski definition) is 12. The number of hydrogen-bond donors (Lipinski definition) is 3. The first-order chi connectivity index (χ1) is 16.1. The van der Waals surface area contributed by atoms with E-state index < -0.39 is 44.1 Å². The molecule has 0 amide bonds. The maximum absolute atomic E-state index is 13.1. The normalized spacial score (nSPS) is 30.2. The number of rotatable bonds is 7. The zero-order valence-corrected chi connectivity index (χ0v) is 20.2. The van der Waals surface area contributed by atoms with Gasteiger partial charge in [0.15, 0.2) is 17.4 Å². The minimum Gasteiger partial charge on any atom is -0.476 e. The summed E-state index contributed by atoms with van der Waals surface area (Å²) in [5.41, 5.74) is 6.53. The lowest BCUT2D eigenvalue weighted by Crippen LogP contribution is -2.35. The molecule has 2 aliphatic rings. The van der Waals surface area contributed by atoms with Crippen molar-refractivity contribution in [2.24, 2.45) is 5.92 Å². The number of anilines is 1. The number of nitrogens with one attached hydrogen (secondary N) is 1. The van der Waals surface area contributed by atoms with Crippen molar-refractivity contribution >= 4 is 30.8 Å². The first-order valence-electron chi connectivity index (χ1n) is 11.0. The second kappa shape index (κ2) is 9.72. The Balaban J connectivity index is 1.48. The highest BCUT2D eigenvalue weighted by molar-refractivity contribution is 7.51. The van der Waals surface area contributed by atoms with Crippen LogP contribution in [0.3, 0.4) is 0 Å². The summed E-state index contributed by atoms with van der Waals surface area (Å²) in [4.78, 5) is 24.6. The molecule has 6 atom stereocenters. The van der Waals surface area contributed by atoms with Crippen LogP contribution in [0.5, 0.6) is 5.88 Å². The number of imidazole rings is 1. The van der Waals surface area contributed by atoms with E-state index in [1.165, 1.54) is 17.8 Å². The van der Waals surface area contributed by atoms with Crippen LogP contribution < -0.4 is 15.6 Å². The summed E-state index contributed by atoms with van der Waals surface area (Å²) in [6.07, 6.45) is -1.44. The zero-order chi connectivity index (χ0) is 24.6. The Labute approximate surface area is 195 Å². The fraction of sp³-hybridized carbons (Fsp3) is 0.684. The molecule has 4 rings (SSSR count). The van der Waals surface area contributed by atoms with Crippen LogP contribution >= 0.6 is 7.75 Å². The fourth-order valence-electron chi connectivity index (χ4n) is 3.81. The summed E-state index contributed by atoms with van der Waals surface area (Å²) < 4.78 is 42.2. The largest absolute Gasteiger partial charge is 0.476 e. The number of aliphatic hydroxyl groups is 1. The van der Waals surface area contributed by atoms with Crippen LogP contribution in [0.15, 0.2) is 6.33 Å². The Bertz CT molecular complexity index is 1100. The van der Waals surface area contributed by atoms with E-state index in [9.17, 15) is 14.5 Å². The van der Waals surface area contributed by atoms with Crippen molar-refractivity contribution in [2.75, 3.05) is 25.6 Å². The molecule has 0 aromatic carbocycles. The van der Waals surface area contributed by atoms with E-state index in [1.54, 1.807) is 20.8 Å². The second-order valence-corrected chi connectivity index (χ2v) is 10.1. The van der Waals surface area contributed by atoms with Crippen molar-refractivity contribution in [1.29, 1.82) is 0 Å². The van der Waals surface area contributed by atoms with Gasteiger partial charge in [-0.25, -0.2) is 14.6 Å². The van der Waals surface area contributed by atoms with Crippen molar-refractivity contribution in [3.05, 3.63) is 6.33 Å². The molecule has 2 saturated heterocycles. The van der Waals surface area contributed by atoms with Gasteiger partial charge in [0.25, 0.3) is 0 Å². The Morgan fingerprint density at radius 2 is 2.09 bits per heavy atom. The number of nitrogen functional groups attached to an aromatic ring is 1. The number of nitrogens with zero attached hydrogens (tertiary/aromatic N) is 4. The second-order valence-electron chi connectivity index (χ2n) is 8.29. The van der Waals surface area contributed by atoms with E-state index in [2.05, 4.69) is 20.0 Å². The Morgan fingerprint density at radius 3 is 2.79 bits per heavy atom. The number of fused-ring (bicyclic) bond motifs is 2. The summed E-state index contributed by atoms with van der Waals surface area (Å²) in [7, 11) is -3.85. The van der Waals surface area contributed by atoms with E-state index >= 15 is 0 Å². The van der Waals surface area contributed by atoms with Gasteiger partial charge in [0.05, 0.1) is 38.4 Å². The fourth-order valence-corrected chi connectivity index (χ4v) is 5.33. The third kappa shape index (κ3) is 4.88. The van der Waals surface area contributed by atoms with Gasteiger partial charge in [-0.2, -0.15) is 9.97 Å². The maximum Gasteiger partial charge on any atom is 0.406 e. The van der Waals surface area contributed by atoms with Gasteiger partial charge in [0, 0.05) is 5.92 Å². The first-order valence-corrected chi connectivity index (χ1v) is 12.5. The lowest BCUT2D eigenvalue weighted by molar-refractivity contribution is -0.149. The Hall–Kier alpha value is -2.35. The summed E-state index contributed by atoms with van der Waals surface area (Å²) in [5.74, 6) is -0.932. The van der Waals surface area contributed by atoms with Gasteiger partial charge in [0.1, 0.15) is 12.1 Å². The minimum absolute atomic E-state index is 0.0109. The maximum atomic E-state index is 13.1. The minimum atomic E-state index is -3.85. The van der Waals surface area contributed by atoms with Crippen LogP contribution in [0.2, 0.25) is 0 Å². The van der Waals surface area contributed by atoms with E-state index in [0.29, 0.717) is 17.8 Å². The molecule has 2 fully saturated rings. The predicted molar refractivity (Wildman–Crippen MR) is 118 cm³/mol. The number of aliphatic hydroxyl groups excluding tert-OH is 1. The third-order valence-corrected chi connectivity index (χ3v) is 7.07. The van der Waals surface area contributed by atoms with Gasteiger partial charge in [-0.1, -0.05) is 0 Å². The topological polar surface area (TPSA) is 182 Å². The van der Waals surface area contributed by atoms with Crippen molar-refractivity contribution in [1.82, 2.24) is 24.6 Å². The van der Waals surface area contributed by atoms with Gasteiger partial charge >= 0.3 is 13.7 Å². The highest BCUT2D eigenvalue weighted by Crippen LogP contribution is 2.50. The van der Waals surface area contributed by atoms with Crippen LogP contribution in [0.1, 0.15) is 33.9 Å². The van der Waals surface area contributed by atoms with Gasteiger partial charge in [-0.05, 0) is 27.7 Å². The number of carbonyl (C=O) groups excluding carboxylic acids is 1. The standard InChI is InChI=1S/C19H29N6O8P/c1-5-29-16-13-15(22-19(20)23-16)25(8-21-13)17-14(26)11-6-30-34(28,31-7-12(11)33-17)24-10(4)18(27)32-9(2)3/h8-12,14,17,26H,5-7H2,1-4H3,(H,24,28)(H2,20,22,23)/t10-,11-,12-,14-,17-,34?/m1/s1. The van der Waals surface area contributed by atoms with Gasteiger partial charge in [0.2, 0.25) is 11.8 Å². The molecule has 2 aromatic rings. The highest BCUT2D eigenvalue weighted by atomic mass is 31.2. The third-order valence-electron chi connectivity index (χ3n) is 5.39. The van der Waals surface area contributed by atoms with Crippen molar-refractivity contribution in [2.45, 2.75) is 58.3 Å². The van der Waals surface area contributed by atoms with Gasteiger partial charge < -0.3 is 25.1 Å². The van der Waals surface area contributed by atoms with Crippen molar-refractivity contribution in [3.63, 3.8) is 0 Å². The highest BCUT2D eigenvalue weighted by Gasteiger charge is 2.49.